The maximum atomic E-state index is 11.6. The van der Waals surface area contributed by atoms with Gasteiger partial charge in [0.25, 0.3) is 0 Å². The maximum Gasteiger partial charge on any atom is 0.241 e. The smallest absolute Gasteiger partial charge is 0.241 e. The zero-order valence-electron chi connectivity index (χ0n) is 10.1. The first kappa shape index (κ1) is 13.7. The van der Waals surface area contributed by atoms with Gasteiger partial charge < -0.3 is 15.5 Å². The van der Waals surface area contributed by atoms with Gasteiger partial charge in [-0.3, -0.25) is 4.79 Å². The molecule has 1 aromatic rings. The van der Waals surface area contributed by atoms with Crippen LogP contribution in [0, 0.1) is 0 Å². The van der Waals surface area contributed by atoms with E-state index >= 15 is 0 Å². The number of aromatic nitrogens is 2. The van der Waals surface area contributed by atoms with Gasteiger partial charge in [0.15, 0.2) is 0 Å². The number of hydrogen-bond donors (Lipinski definition) is 2. The van der Waals surface area contributed by atoms with Crippen LogP contribution in [0.2, 0.25) is 0 Å². The van der Waals surface area contributed by atoms with Crippen LogP contribution in [0.3, 0.4) is 0 Å². The summed E-state index contributed by atoms with van der Waals surface area (Å²) >= 11 is 3.32. The van der Waals surface area contributed by atoms with Crippen molar-refractivity contribution in [1.82, 2.24) is 14.9 Å². The van der Waals surface area contributed by atoms with Crippen LogP contribution in [0.4, 0.5) is 11.8 Å². The summed E-state index contributed by atoms with van der Waals surface area (Å²) < 4.78 is 0.725. The molecule has 1 aromatic heterocycles. The van der Waals surface area contributed by atoms with E-state index in [1.54, 1.807) is 25.2 Å². The first-order chi connectivity index (χ1) is 8.08. The molecule has 0 bridgehead atoms. The summed E-state index contributed by atoms with van der Waals surface area (Å²) in [7, 11) is 3.50. The molecule has 17 heavy (non-hydrogen) atoms. The molecule has 0 aromatic carbocycles. The number of halogens is 1. The molecule has 94 valence electrons. The van der Waals surface area contributed by atoms with E-state index in [0.29, 0.717) is 18.3 Å². The van der Waals surface area contributed by atoms with E-state index in [2.05, 4.69) is 36.5 Å². The zero-order chi connectivity index (χ0) is 12.8. The van der Waals surface area contributed by atoms with Crippen molar-refractivity contribution in [2.75, 3.05) is 37.8 Å². The van der Waals surface area contributed by atoms with Gasteiger partial charge in [0.2, 0.25) is 11.9 Å². The quantitative estimate of drug-likeness (QED) is 0.854. The summed E-state index contributed by atoms with van der Waals surface area (Å²) in [5, 5.41) is 5.81. The Morgan fingerprint density at radius 3 is 2.88 bits per heavy atom. The summed E-state index contributed by atoms with van der Waals surface area (Å²) in [5.41, 5.74) is 0. The van der Waals surface area contributed by atoms with Crippen molar-refractivity contribution >= 4 is 33.6 Å². The molecule has 1 amide bonds. The van der Waals surface area contributed by atoms with E-state index < -0.39 is 0 Å². The standard InChI is InChI=1S/C10H16BrN5O/c1-4-16(3)8(17)6-13-9-7(11)5-14-10(12-2)15-9/h5H,4,6H2,1-3H3,(H2,12,13,14,15). The van der Waals surface area contributed by atoms with Crippen molar-refractivity contribution in [2.45, 2.75) is 6.92 Å². The number of carbonyl (C=O) groups is 1. The summed E-state index contributed by atoms with van der Waals surface area (Å²) in [6, 6.07) is 0. The Balaban J connectivity index is 2.65. The van der Waals surface area contributed by atoms with Crippen molar-refractivity contribution in [3.63, 3.8) is 0 Å². The lowest BCUT2D eigenvalue weighted by molar-refractivity contribution is -0.127. The topological polar surface area (TPSA) is 70.2 Å². The summed E-state index contributed by atoms with van der Waals surface area (Å²) in [6.45, 7) is 2.83. The monoisotopic (exact) mass is 301 g/mol. The van der Waals surface area contributed by atoms with Crippen LogP contribution in [-0.4, -0.2) is 48.0 Å². The molecule has 0 saturated heterocycles. The fourth-order valence-electron chi connectivity index (χ4n) is 1.08. The molecule has 0 fully saturated rings. The number of rotatable bonds is 5. The SMILES string of the molecule is CCN(C)C(=O)CNc1nc(NC)ncc1Br. The Morgan fingerprint density at radius 1 is 1.59 bits per heavy atom. The molecule has 0 radical (unpaired) electrons. The second kappa shape index (κ2) is 6.39. The highest BCUT2D eigenvalue weighted by Gasteiger charge is 2.09. The number of likely N-dealkylation sites (N-methyl/N-ethyl adjacent to an activating group) is 1. The van der Waals surface area contributed by atoms with Crippen molar-refractivity contribution in [1.29, 1.82) is 0 Å². The van der Waals surface area contributed by atoms with E-state index in [9.17, 15) is 4.79 Å². The average molecular weight is 302 g/mol. The Morgan fingerprint density at radius 2 is 2.29 bits per heavy atom. The third kappa shape index (κ3) is 3.85. The van der Waals surface area contributed by atoms with Crippen LogP contribution in [0.1, 0.15) is 6.92 Å². The normalized spacial score (nSPS) is 9.88. The lowest BCUT2D eigenvalue weighted by Gasteiger charge is -2.15. The van der Waals surface area contributed by atoms with E-state index in [-0.39, 0.29) is 12.5 Å². The minimum Gasteiger partial charge on any atom is -0.360 e. The van der Waals surface area contributed by atoms with Crippen molar-refractivity contribution in [2.24, 2.45) is 0 Å². The molecule has 6 nitrogen and oxygen atoms in total. The summed E-state index contributed by atoms with van der Waals surface area (Å²) in [5.74, 6) is 1.12. The fourth-order valence-corrected chi connectivity index (χ4v) is 1.41. The minimum absolute atomic E-state index is 0.0176. The van der Waals surface area contributed by atoms with Crippen LogP contribution in [-0.2, 0) is 4.79 Å². The average Bonchev–Trinajstić information content (AvgIpc) is 2.36. The van der Waals surface area contributed by atoms with E-state index in [4.69, 9.17) is 0 Å². The van der Waals surface area contributed by atoms with Crippen molar-refractivity contribution in [3.8, 4) is 0 Å². The second-order valence-corrected chi connectivity index (χ2v) is 4.26. The molecule has 0 aliphatic rings. The van der Waals surface area contributed by atoms with Gasteiger partial charge in [-0.1, -0.05) is 0 Å². The van der Waals surface area contributed by atoms with Gasteiger partial charge >= 0.3 is 0 Å². The van der Waals surface area contributed by atoms with E-state index in [1.807, 2.05) is 6.92 Å². The fraction of sp³-hybridized carbons (Fsp3) is 0.500. The van der Waals surface area contributed by atoms with Gasteiger partial charge in [0, 0.05) is 26.8 Å². The highest BCUT2D eigenvalue weighted by molar-refractivity contribution is 9.10. The Labute approximate surface area is 109 Å². The first-order valence-corrected chi connectivity index (χ1v) is 6.06. The minimum atomic E-state index is 0.0176. The van der Waals surface area contributed by atoms with Gasteiger partial charge in [-0.05, 0) is 22.9 Å². The molecular weight excluding hydrogens is 286 g/mol. The number of amides is 1. The summed E-state index contributed by atoms with van der Waals surface area (Å²) in [6.07, 6.45) is 1.63. The Kier molecular flexibility index (Phi) is 5.14. The van der Waals surface area contributed by atoms with Crippen LogP contribution >= 0.6 is 15.9 Å². The molecule has 0 aliphatic heterocycles. The van der Waals surface area contributed by atoms with Crippen LogP contribution in [0.15, 0.2) is 10.7 Å². The van der Waals surface area contributed by atoms with E-state index in [0.717, 1.165) is 4.47 Å². The summed E-state index contributed by atoms with van der Waals surface area (Å²) in [4.78, 5) is 21.5. The van der Waals surface area contributed by atoms with Crippen LogP contribution in [0.25, 0.3) is 0 Å². The van der Waals surface area contributed by atoms with Crippen LogP contribution in [0.5, 0.6) is 0 Å². The van der Waals surface area contributed by atoms with Crippen LogP contribution < -0.4 is 10.6 Å². The molecule has 1 rings (SSSR count). The van der Waals surface area contributed by atoms with Gasteiger partial charge in [-0.15, -0.1) is 0 Å². The lowest BCUT2D eigenvalue weighted by Crippen LogP contribution is -2.32. The third-order valence-electron chi connectivity index (χ3n) is 2.27. The Bertz CT molecular complexity index is 398. The molecule has 7 heteroatoms. The lowest BCUT2D eigenvalue weighted by atomic mass is 10.4. The van der Waals surface area contributed by atoms with Gasteiger partial charge in [0.05, 0.1) is 11.0 Å². The number of hydrogen-bond acceptors (Lipinski definition) is 5. The Hall–Kier alpha value is -1.37. The van der Waals surface area contributed by atoms with Gasteiger partial charge in [-0.25, -0.2) is 4.98 Å². The molecule has 0 aliphatic carbocycles. The zero-order valence-corrected chi connectivity index (χ0v) is 11.7. The highest BCUT2D eigenvalue weighted by Crippen LogP contribution is 2.19. The van der Waals surface area contributed by atoms with Gasteiger partial charge in [-0.2, -0.15) is 4.98 Å². The van der Waals surface area contributed by atoms with Crippen molar-refractivity contribution < 1.29 is 4.79 Å². The first-order valence-electron chi connectivity index (χ1n) is 5.26. The molecule has 0 unspecified atom stereocenters. The highest BCUT2D eigenvalue weighted by atomic mass is 79.9. The predicted octanol–water partition coefficient (Wildman–Crippen LogP) is 1.17. The molecule has 0 saturated carbocycles. The molecule has 0 spiro atoms. The number of nitrogens with one attached hydrogen (secondary N) is 2. The number of carbonyl (C=O) groups excluding carboxylic acids is 1. The molecule has 0 atom stereocenters. The largest absolute Gasteiger partial charge is 0.360 e. The number of anilines is 2. The van der Waals surface area contributed by atoms with E-state index in [1.165, 1.54) is 0 Å². The second-order valence-electron chi connectivity index (χ2n) is 3.40. The molecule has 1 heterocycles. The van der Waals surface area contributed by atoms with Crippen molar-refractivity contribution in [3.05, 3.63) is 10.7 Å². The molecule has 2 N–H and O–H groups in total. The maximum absolute atomic E-state index is 11.6. The van der Waals surface area contributed by atoms with Gasteiger partial charge in [0.1, 0.15) is 5.82 Å². The predicted molar refractivity (Wildman–Crippen MR) is 71.1 cm³/mol. The number of nitrogens with zero attached hydrogens (tertiary/aromatic N) is 3. The molecular formula is C10H16BrN5O. The third-order valence-corrected chi connectivity index (χ3v) is 2.86.